The van der Waals surface area contributed by atoms with Gasteiger partial charge in [-0.1, -0.05) is 20.8 Å². The zero-order chi connectivity index (χ0) is 13.1. The van der Waals surface area contributed by atoms with Crippen LogP contribution in [0.3, 0.4) is 0 Å². The van der Waals surface area contributed by atoms with E-state index in [0.29, 0.717) is 18.1 Å². The third kappa shape index (κ3) is 1.60. The van der Waals surface area contributed by atoms with Crippen molar-refractivity contribution in [2.75, 3.05) is 6.61 Å². The van der Waals surface area contributed by atoms with Gasteiger partial charge in [0.2, 0.25) is 0 Å². The van der Waals surface area contributed by atoms with Gasteiger partial charge in [-0.05, 0) is 30.7 Å². The summed E-state index contributed by atoms with van der Waals surface area (Å²) in [5.74, 6) is 0.966. The van der Waals surface area contributed by atoms with Crippen LogP contribution in [0.2, 0.25) is 0 Å². The highest BCUT2D eigenvalue weighted by molar-refractivity contribution is 5.57. The Bertz CT molecular complexity index is 504. The second-order valence-corrected chi connectivity index (χ2v) is 6.30. The Labute approximate surface area is 107 Å². The summed E-state index contributed by atoms with van der Waals surface area (Å²) < 4.78 is 19.5. The molecule has 0 bridgehead atoms. The average Bonchev–Trinajstić information content (AvgIpc) is 3.08. The lowest BCUT2D eigenvalue weighted by Gasteiger charge is -2.20. The minimum Gasteiger partial charge on any atom is -0.507 e. The summed E-state index contributed by atoms with van der Waals surface area (Å²) in [6, 6.07) is 1.46. The van der Waals surface area contributed by atoms with Crippen molar-refractivity contribution in [1.29, 1.82) is 0 Å². The molecule has 3 rings (SSSR count). The molecule has 1 fully saturated rings. The second kappa shape index (κ2) is 3.62. The van der Waals surface area contributed by atoms with Crippen molar-refractivity contribution >= 4 is 0 Å². The van der Waals surface area contributed by atoms with Crippen LogP contribution in [-0.4, -0.2) is 11.7 Å². The van der Waals surface area contributed by atoms with Crippen LogP contribution in [0.4, 0.5) is 4.39 Å². The minimum absolute atomic E-state index is 0.223. The molecule has 98 valence electrons. The lowest BCUT2D eigenvalue weighted by molar-refractivity contribution is 0.281. The Morgan fingerprint density at radius 1 is 1.44 bits per heavy atom. The quantitative estimate of drug-likeness (QED) is 0.867. The Kier molecular flexibility index (Phi) is 2.38. The molecular weight excluding hydrogens is 231 g/mol. The number of rotatable bonds is 2. The van der Waals surface area contributed by atoms with Crippen molar-refractivity contribution in [3.8, 4) is 11.5 Å². The van der Waals surface area contributed by atoms with Crippen molar-refractivity contribution in [3.05, 3.63) is 23.0 Å². The average molecular weight is 250 g/mol. The second-order valence-electron chi connectivity index (χ2n) is 6.30. The van der Waals surface area contributed by atoms with E-state index in [1.807, 2.05) is 13.8 Å². The molecule has 2 aliphatic rings. The van der Waals surface area contributed by atoms with Crippen LogP contribution in [0.5, 0.6) is 11.5 Å². The molecule has 0 amide bonds. The van der Waals surface area contributed by atoms with Crippen LogP contribution >= 0.6 is 0 Å². The van der Waals surface area contributed by atoms with Crippen LogP contribution < -0.4 is 4.74 Å². The van der Waals surface area contributed by atoms with E-state index in [4.69, 9.17) is 4.74 Å². The fourth-order valence-electron chi connectivity index (χ4n) is 2.93. The standard InChI is InChI=1S/C15H19FO2/c1-8(9-4-5-9)10-6-11(16)14-12(13(10)17)15(2,3)7-18-14/h6,8-9,17H,4-5,7H2,1-3H3. The molecule has 0 saturated heterocycles. The number of fused-ring (bicyclic) bond motifs is 1. The molecule has 18 heavy (non-hydrogen) atoms. The lowest BCUT2D eigenvalue weighted by Crippen LogP contribution is -2.18. The molecule has 0 radical (unpaired) electrons. The van der Waals surface area contributed by atoms with E-state index in [2.05, 4.69) is 6.92 Å². The predicted octanol–water partition coefficient (Wildman–Crippen LogP) is 3.71. The molecule has 3 heteroatoms. The SMILES string of the molecule is CC(c1cc(F)c2c(c1O)C(C)(C)CO2)C1CC1. The molecule has 1 saturated carbocycles. The topological polar surface area (TPSA) is 29.5 Å². The van der Waals surface area contributed by atoms with Gasteiger partial charge in [-0.2, -0.15) is 0 Å². The van der Waals surface area contributed by atoms with Crippen molar-refractivity contribution in [2.24, 2.45) is 5.92 Å². The highest BCUT2D eigenvalue weighted by atomic mass is 19.1. The Balaban J connectivity index is 2.15. The van der Waals surface area contributed by atoms with Gasteiger partial charge in [-0.25, -0.2) is 4.39 Å². The summed E-state index contributed by atoms with van der Waals surface area (Å²) in [5, 5.41) is 10.5. The zero-order valence-electron chi connectivity index (χ0n) is 11.1. The molecule has 1 heterocycles. The summed E-state index contributed by atoms with van der Waals surface area (Å²) in [6.45, 7) is 6.45. The van der Waals surface area contributed by atoms with Gasteiger partial charge >= 0.3 is 0 Å². The highest BCUT2D eigenvalue weighted by Crippen LogP contribution is 2.51. The van der Waals surface area contributed by atoms with Gasteiger partial charge in [0, 0.05) is 16.5 Å². The van der Waals surface area contributed by atoms with E-state index < -0.39 is 0 Å². The molecule has 1 aliphatic carbocycles. The number of hydrogen-bond donors (Lipinski definition) is 1. The number of phenols is 1. The predicted molar refractivity (Wildman–Crippen MR) is 67.7 cm³/mol. The van der Waals surface area contributed by atoms with Crippen LogP contribution in [0.1, 0.15) is 50.7 Å². The Morgan fingerprint density at radius 3 is 2.72 bits per heavy atom. The number of ether oxygens (including phenoxy) is 1. The first-order valence-corrected chi connectivity index (χ1v) is 6.60. The first-order valence-electron chi connectivity index (χ1n) is 6.60. The number of phenolic OH excluding ortho intramolecular Hbond substituents is 1. The largest absolute Gasteiger partial charge is 0.507 e. The van der Waals surface area contributed by atoms with Gasteiger partial charge < -0.3 is 9.84 Å². The molecular formula is C15H19FO2. The van der Waals surface area contributed by atoms with Gasteiger partial charge in [-0.3, -0.25) is 0 Å². The minimum atomic E-state index is -0.337. The number of halogens is 1. The molecule has 1 atom stereocenters. The summed E-state index contributed by atoms with van der Waals surface area (Å²) in [5.41, 5.74) is 1.07. The molecule has 0 spiro atoms. The summed E-state index contributed by atoms with van der Waals surface area (Å²) in [4.78, 5) is 0. The lowest BCUT2D eigenvalue weighted by atomic mass is 9.82. The summed E-state index contributed by atoms with van der Waals surface area (Å²) in [6.07, 6.45) is 2.36. The summed E-state index contributed by atoms with van der Waals surface area (Å²) in [7, 11) is 0. The van der Waals surface area contributed by atoms with E-state index in [1.54, 1.807) is 0 Å². The van der Waals surface area contributed by atoms with Crippen LogP contribution in [0.25, 0.3) is 0 Å². The monoisotopic (exact) mass is 250 g/mol. The number of hydrogen-bond acceptors (Lipinski definition) is 2. The van der Waals surface area contributed by atoms with Crippen LogP contribution in [-0.2, 0) is 5.41 Å². The molecule has 1 aliphatic heterocycles. The fraction of sp³-hybridized carbons (Fsp3) is 0.600. The smallest absolute Gasteiger partial charge is 0.165 e. The van der Waals surface area contributed by atoms with E-state index in [-0.39, 0.29) is 28.6 Å². The van der Waals surface area contributed by atoms with Gasteiger partial charge in [0.15, 0.2) is 11.6 Å². The third-order valence-corrected chi connectivity index (χ3v) is 4.31. The van der Waals surface area contributed by atoms with Gasteiger partial charge in [0.1, 0.15) is 5.75 Å². The first-order chi connectivity index (χ1) is 8.42. The fourth-order valence-corrected chi connectivity index (χ4v) is 2.93. The molecule has 2 nitrogen and oxygen atoms in total. The molecule has 1 aromatic rings. The maximum absolute atomic E-state index is 14.1. The Hall–Kier alpha value is -1.25. The van der Waals surface area contributed by atoms with Crippen molar-refractivity contribution in [1.82, 2.24) is 0 Å². The maximum Gasteiger partial charge on any atom is 0.165 e. The van der Waals surface area contributed by atoms with E-state index in [0.717, 1.165) is 5.56 Å². The van der Waals surface area contributed by atoms with Gasteiger partial charge in [0.05, 0.1) is 6.61 Å². The number of benzene rings is 1. The van der Waals surface area contributed by atoms with Gasteiger partial charge in [0.25, 0.3) is 0 Å². The Morgan fingerprint density at radius 2 is 2.11 bits per heavy atom. The number of aromatic hydroxyl groups is 1. The van der Waals surface area contributed by atoms with E-state index >= 15 is 0 Å². The molecule has 1 unspecified atom stereocenters. The van der Waals surface area contributed by atoms with Crippen molar-refractivity contribution < 1.29 is 14.2 Å². The molecule has 0 aromatic heterocycles. The maximum atomic E-state index is 14.1. The summed E-state index contributed by atoms with van der Waals surface area (Å²) >= 11 is 0. The van der Waals surface area contributed by atoms with Crippen molar-refractivity contribution in [2.45, 2.75) is 44.9 Å². The third-order valence-electron chi connectivity index (χ3n) is 4.31. The van der Waals surface area contributed by atoms with Crippen molar-refractivity contribution in [3.63, 3.8) is 0 Å². The van der Waals surface area contributed by atoms with Crippen LogP contribution in [0.15, 0.2) is 6.07 Å². The molecule has 1 N–H and O–H groups in total. The van der Waals surface area contributed by atoms with E-state index in [9.17, 15) is 9.50 Å². The van der Waals surface area contributed by atoms with Crippen LogP contribution in [0, 0.1) is 11.7 Å². The molecule has 1 aromatic carbocycles. The normalized spacial score (nSPS) is 22.4. The van der Waals surface area contributed by atoms with Gasteiger partial charge in [-0.15, -0.1) is 0 Å². The highest BCUT2D eigenvalue weighted by Gasteiger charge is 2.40. The first kappa shape index (κ1) is 11.8. The van der Waals surface area contributed by atoms with E-state index in [1.165, 1.54) is 18.9 Å². The zero-order valence-corrected chi connectivity index (χ0v) is 11.1.